The third-order valence-corrected chi connectivity index (χ3v) is 4.13. The van der Waals surface area contributed by atoms with E-state index in [0.717, 1.165) is 27.8 Å². The fourth-order valence-electron chi connectivity index (χ4n) is 2.25. The molecule has 4 nitrogen and oxygen atoms in total. The van der Waals surface area contributed by atoms with E-state index in [1.807, 2.05) is 48.5 Å². The van der Waals surface area contributed by atoms with Gasteiger partial charge < -0.3 is 15.4 Å². The molecule has 0 bridgehead atoms. The Balaban J connectivity index is 1.88. The fourth-order valence-corrected chi connectivity index (χ4v) is 2.52. The highest BCUT2D eigenvalue weighted by molar-refractivity contribution is 9.10. The first kappa shape index (κ1) is 17.3. The SMILES string of the molecule is CC[C@H](NC(=O)NCc1ccc(OC)cc1)c1ccc(Br)cc1. The summed E-state index contributed by atoms with van der Waals surface area (Å²) < 4.78 is 6.14. The molecule has 0 aliphatic heterocycles. The molecule has 2 aromatic rings. The summed E-state index contributed by atoms with van der Waals surface area (Å²) in [6.45, 7) is 2.53. The molecule has 0 aliphatic carbocycles. The second-order valence-electron chi connectivity index (χ2n) is 5.19. The minimum absolute atomic E-state index is 0.000956. The third kappa shape index (κ3) is 5.28. The lowest BCUT2D eigenvalue weighted by Crippen LogP contribution is -2.37. The van der Waals surface area contributed by atoms with Crippen molar-refractivity contribution >= 4 is 22.0 Å². The lowest BCUT2D eigenvalue weighted by atomic mass is 10.1. The van der Waals surface area contributed by atoms with Crippen LogP contribution in [0.15, 0.2) is 53.0 Å². The number of halogens is 1. The summed E-state index contributed by atoms with van der Waals surface area (Å²) in [6, 6.07) is 15.5. The molecule has 2 amide bonds. The number of amides is 2. The van der Waals surface area contributed by atoms with Crippen molar-refractivity contribution in [2.75, 3.05) is 7.11 Å². The van der Waals surface area contributed by atoms with Gasteiger partial charge in [-0.05, 0) is 41.8 Å². The molecule has 0 spiro atoms. The number of carbonyl (C=O) groups is 1. The van der Waals surface area contributed by atoms with E-state index in [4.69, 9.17) is 4.74 Å². The Labute approximate surface area is 145 Å². The highest BCUT2D eigenvalue weighted by Crippen LogP contribution is 2.19. The molecule has 2 aromatic carbocycles. The lowest BCUT2D eigenvalue weighted by molar-refractivity contribution is 0.236. The summed E-state index contributed by atoms with van der Waals surface area (Å²) in [6.07, 6.45) is 0.831. The molecule has 0 heterocycles. The molecule has 0 aliphatic rings. The molecule has 0 aromatic heterocycles. The Bertz CT molecular complexity index is 626. The van der Waals surface area contributed by atoms with Crippen LogP contribution in [0.25, 0.3) is 0 Å². The number of hydrogen-bond donors (Lipinski definition) is 2. The molecule has 0 radical (unpaired) electrons. The zero-order chi connectivity index (χ0) is 16.7. The molecule has 23 heavy (non-hydrogen) atoms. The molecule has 0 saturated heterocycles. The molecule has 122 valence electrons. The normalized spacial score (nSPS) is 11.6. The van der Waals surface area contributed by atoms with Crippen molar-refractivity contribution in [3.8, 4) is 5.75 Å². The molecule has 2 N–H and O–H groups in total. The molecule has 0 unspecified atom stereocenters. The molecule has 5 heteroatoms. The smallest absolute Gasteiger partial charge is 0.315 e. The Morgan fingerprint density at radius 3 is 2.35 bits per heavy atom. The van der Waals surface area contributed by atoms with Crippen LogP contribution < -0.4 is 15.4 Å². The maximum Gasteiger partial charge on any atom is 0.315 e. The number of carbonyl (C=O) groups excluding carboxylic acids is 1. The first-order chi connectivity index (χ1) is 11.1. The van der Waals surface area contributed by atoms with Gasteiger partial charge >= 0.3 is 6.03 Å². The van der Waals surface area contributed by atoms with Gasteiger partial charge in [-0.15, -0.1) is 0 Å². The van der Waals surface area contributed by atoms with E-state index in [1.54, 1.807) is 7.11 Å². The number of rotatable bonds is 6. The van der Waals surface area contributed by atoms with E-state index >= 15 is 0 Å². The van der Waals surface area contributed by atoms with Crippen LogP contribution in [0, 0.1) is 0 Å². The average Bonchev–Trinajstić information content (AvgIpc) is 2.59. The maximum atomic E-state index is 12.1. The molecule has 0 fully saturated rings. The predicted octanol–water partition coefficient (Wildman–Crippen LogP) is 4.41. The van der Waals surface area contributed by atoms with E-state index in [-0.39, 0.29) is 12.1 Å². The molecular weight excluding hydrogens is 356 g/mol. The quantitative estimate of drug-likeness (QED) is 0.784. The van der Waals surface area contributed by atoms with E-state index in [2.05, 4.69) is 33.5 Å². The zero-order valence-corrected chi connectivity index (χ0v) is 14.9. The van der Waals surface area contributed by atoms with Crippen molar-refractivity contribution in [1.29, 1.82) is 0 Å². The summed E-state index contributed by atoms with van der Waals surface area (Å²) in [7, 11) is 1.63. The summed E-state index contributed by atoms with van der Waals surface area (Å²) in [5.41, 5.74) is 2.12. The predicted molar refractivity (Wildman–Crippen MR) is 95.5 cm³/mol. The van der Waals surface area contributed by atoms with Crippen LogP contribution in [-0.4, -0.2) is 13.1 Å². The second kappa shape index (κ2) is 8.58. The van der Waals surface area contributed by atoms with Crippen molar-refractivity contribution in [2.24, 2.45) is 0 Å². The van der Waals surface area contributed by atoms with Gasteiger partial charge in [-0.1, -0.05) is 47.1 Å². The van der Waals surface area contributed by atoms with Crippen molar-refractivity contribution in [1.82, 2.24) is 10.6 Å². The van der Waals surface area contributed by atoms with Crippen LogP contribution in [0.1, 0.15) is 30.5 Å². The van der Waals surface area contributed by atoms with Crippen LogP contribution in [0.2, 0.25) is 0 Å². The number of methoxy groups -OCH3 is 1. The zero-order valence-electron chi connectivity index (χ0n) is 13.3. The monoisotopic (exact) mass is 376 g/mol. The first-order valence-electron chi connectivity index (χ1n) is 7.55. The van der Waals surface area contributed by atoms with E-state index in [9.17, 15) is 4.79 Å². The van der Waals surface area contributed by atoms with Crippen molar-refractivity contribution < 1.29 is 9.53 Å². The van der Waals surface area contributed by atoms with Gasteiger partial charge in [-0.3, -0.25) is 0 Å². The number of urea groups is 1. The lowest BCUT2D eigenvalue weighted by Gasteiger charge is -2.18. The number of hydrogen-bond acceptors (Lipinski definition) is 2. The number of nitrogens with one attached hydrogen (secondary N) is 2. The molecule has 1 atom stereocenters. The summed E-state index contributed by atoms with van der Waals surface area (Å²) >= 11 is 3.42. The first-order valence-corrected chi connectivity index (χ1v) is 8.34. The topological polar surface area (TPSA) is 50.4 Å². The van der Waals surface area contributed by atoms with Crippen LogP contribution >= 0.6 is 15.9 Å². The van der Waals surface area contributed by atoms with Gasteiger partial charge in [-0.25, -0.2) is 4.79 Å². The largest absolute Gasteiger partial charge is 0.497 e. The van der Waals surface area contributed by atoms with Crippen molar-refractivity contribution in [3.63, 3.8) is 0 Å². The summed E-state index contributed by atoms with van der Waals surface area (Å²) in [4.78, 5) is 12.1. The highest BCUT2D eigenvalue weighted by atomic mass is 79.9. The van der Waals surface area contributed by atoms with Gasteiger partial charge in [0.2, 0.25) is 0 Å². The number of benzene rings is 2. The minimum atomic E-state index is -0.171. The third-order valence-electron chi connectivity index (χ3n) is 3.60. The maximum absolute atomic E-state index is 12.1. The van der Waals surface area contributed by atoms with Gasteiger partial charge in [0.05, 0.1) is 13.2 Å². The van der Waals surface area contributed by atoms with Crippen LogP contribution in [0.4, 0.5) is 4.79 Å². The highest BCUT2D eigenvalue weighted by Gasteiger charge is 2.12. The molecular formula is C18H21BrN2O2. The van der Waals surface area contributed by atoms with E-state index < -0.39 is 0 Å². The van der Waals surface area contributed by atoms with Gasteiger partial charge in [-0.2, -0.15) is 0 Å². The van der Waals surface area contributed by atoms with Crippen LogP contribution in [0.3, 0.4) is 0 Å². The van der Waals surface area contributed by atoms with Crippen LogP contribution in [0.5, 0.6) is 5.75 Å². The van der Waals surface area contributed by atoms with Gasteiger partial charge in [0.1, 0.15) is 5.75 Å². The summed E-state index contributed by atoms with van der Waals surface area (Å²) in [5.74, 6) is 0.805. The van der Waals surface area contributed by atoms with Gasteiger partial charge in [0, 0.05) is 11.0 Å². The van der Waals surface area contributed by atoms with Crippen molar-refractivity contribution in [3.05, 3.63) is 64.1 Å². The molecule has 2 rings (SSSR count). The summed E-state index contributed by atoms with van der Waals surface area (Å²) in [5, 5.41) is 5.89. The van der Waals surface area contributed by atoms with Crippen LogP contribution in [-0.2, 0) is 6.54 Å². The fraction of sp³-hybridized carbons (Fsp3) is 0.278. The van der Waals surface area contributed by atoms with E-state index in [1.165, 1.54) is 0 Å². The minimum Gasteiger partial charge on any atom is -0.497 e. The molecule has 0 saturated carbocycles. The van der Waals surface area contributed by atoms with Gasteiger partial charge in [0.15, 0.2) is 0 Å². The van der Waals surface area contributed by atoms with E-state index in [0.29, 0.717) is 6.54 Å². The Hall–Kier alpha value is -2.01. The number of ether oxygens (including phenoxy) is 1. The average molecular weight is 377 g/mol. The Morgan fingerprint density at radius 1 is 1.13 bits per heavy atom. The van der Waals surface area contributed by atoms with Crippen molar-refractivity contribution in [2.45, 2.75) is 25.9 Å². The van der Waals surface area contributed by atoms with Gasteiger partial charge in [0.25, 0.3) is 0 Å². The Kier molecular flexibility index (Phi) is 6.47. The Morgan fingerprint density at radius 2 is 1.78 bits per heavy atom. The second-order valence-corrected chi connectivity index (χ2v) is 6.10. The standard InChI is InChI=1S/C18H21BrN2O2/c1-3-17(14-6-8-15(19)9-7-14)21-18(22)20-12-13-4-10-16(23-2)11-5-13/h4-11,17H,3,12H2,1-2H3,(H2,20,21,22)/t17-/m0/s1.